The molecule has 2 aliphatic heterocycles. The molecular formula is C13H23N3O. The fraction of sp³-hybridized carbons (Fsp3) is 0.923. The van der Waals surface area contributed by atoms with Crippen LogP contribution < -0.4 is 0 Å². The summed E-state index contributed by atoms with van der Waals surface area (Å²) < 4.78 is 5.17. The van der Waals surface area contributed by atoms with Gasteiger partial charge in [0.2, 0.25) is 0 Å². The minimum Gasteiger partial charge on any atom is -0.378 e. The third kappa shape index (κ3) is 3.19. The quantitative estimate of drug-likeness (QED) is 0.709. The lowest BCUT2D eigenvalue weighted by Gasteiger charge is -2.38. The molecule has 0 amide bonds. The highest BCUT2D eigenvalue weighted by Crippen LogP contribution is 2.27. The second-order valence-electron chi connectivity index (χ2n) is 5.83. The average Bonchev–Trinajstić information content (AvgIpc) is 2.67. The molecule has 0 aromatic rings. The van der Waals surface area contributed by atoms with Crippen molar-refractivity contribution in [1.82, 2.24) is 9.80 Å². The van der Waals surface area contributed by atoms with Gasteiger partial charge in [-0.3, -0.25) is 0 Å². The van der Waals surface area contributed by atoms with Crippen molar-refractivity contribution >= 4 is 0 Å². The fourth-order valence-electron chi connectivity index (χ4n) is 2.80. The maximum absolute atomic E-state index is 9.14. The molecule has 0 saturated carbocycles. The summed E-state index contributed by atoms with van der Waals surface area (Å²) in [5, 5.41) is 9.14. The summed E-state index contributed by atoms with van der Waals surface area (Å²) in [6.07, 6.45) is 2.58. The topological polar surface area (TPSA) is 39.5 Å². The van der Waals surface area contributed by atoms with Gasteiger partial charge in [0.25, 0.3) is 0 Å². The zero-order valence-electron chi connectivity index (χ0n) is 11.0. The first kappa shape index (κ1) is 12.8. The van der Waals surface area contributed by atoms with E-state index in [9.17, 15) is 0 Å². The van der Waals surface area contributed by atoms with E-state index in [0.29, 0.717) is 13.2 Å². The van der Waals surface area contributed by atoms with Crippen LogP contribution in [0.1, 0.15) is 12.8 Å². The van der Waals surface area contributed by atoms with E-state index in [4.69, 9.17) is 10.00 Å². The van der Waals surface area contributed by atoms with Crippen molar-refractivity contribution in [3.63, 3.8) is 0 Å². The van der Waals surface area contributed by atoms with Crippen molar-refractivity contribution < 1.29 is 4.74 Å². The van der Waals surface area contributed by atoms with Gasteiger partial charge in [0.15, 0.2) is 0 Å². The predicted octanol–water partition coefficient (Wildman–Crippen LogP) is 0.800. The summed E-state index contributed by atoms with van der Waals surface area (Å²) in [6.45, 7) is 5.65. The van der Waals surface area contributed by atoms with E-state index in [-0.39, 0.29) is 5.41 Å². The Hall–Kier alpha value is -0.630. The maximum Gasteiger partial charge on any atom is 0.116 e. The van der Waals surface area contributed by atoms with Crippen LogP contribution in [-0.4, -0.2) is 63.3 Å². The highest BCUT2D eigenvalue weighted by Gasteiger charge is 2.39. The molecule has 4 nitrogen and oxygen atoms in total. The highest BCUT2D eigenvalue weighted by atomic mass is 16.5. The molecule has 96 valence electrons. The zero-order valence-corrected chi connectivity index (χ0v) is 11.0. The molecule has 2 rings (SSSR count). The van der Waals surface area contributed by atoms with Crippen LogP contribution in [0.15, 0.2) is 0 Å². The molecule has 17 heavy (non-hydrogen) atoms. The Morgan fingerprint density at radius 1 is 1.53 bits per heavy atom. The van der Waals surface area contributed by atoms with E-state index in [2.05, 4.69) is 30.0 Å². The summed E-state index contributed by atoms with van der Waals surface area (Å²) in [4.78, 5) is 4.70. The highest BCUT2D eigenvalue weighted by molar-refractivity contribution is 5.05. The number of nitrogens with zero attached hydrogens (tertiary/aromatic N) is 3. The molecule has 0 aliphatic carbocycles. The van der Waals surface area contributed by atoms with E-state index in [1.165, 1.54) is 25.9 Å². The van der Waals surface area contributed by atoms with E-state index < -0.39 is 0 Å². The van der Waals surface area contributed by atoms with Gasteiger partial charge in [0, 0.05) is 13.1 Å². The molecule has 2 aliphatic rings. The van der Waals surface area contributed by atoms with Gasteiger partial charge in [-0.2, -0.15) is 5.26 Å². The smallest absolute Gasteiger partial charge is 0.116 e. The van der Waals surface area contributed by atoms with Crippen LogP contribution in [0.5, 0.6) is 0 Å². The molecule has 0 N–H and O–H groups in total. The molecule has 4 heteroatoms. The first-order valence-corrected chi connectivity index (χ1v) is 6.50. The molecule has 1 unspecified atom stereocenters. The van der Waals surface area contributed by atoms with Crippen molar-refractivity contribution in [2.45, 2.75) is 12.8 Å². The van der Waals surface area contributed by atoms with Crippen LogP contribution >= 0.6 is 0 Å². The van der Waals surface area contributed by atoms with Crippen LogP contribution in [0.25, 0.3) is 0 Å². The Morgan fingerprint density at radius 3 is 2.76 bits per heavy atom. The minimum atomic E-state index is -0.221. The standard InChI is InChI=1S/C13H23N3O/c1-15-5-3-12(7-15)4-6-16(2)9-13(8-14)10-17-11-13/h12H,3-7,9-11H2,1-2H3. The molecule has 1 atom stereocenters. The molecule has 0 aromatic heterocycles. The van der Waals surface area contributed by atoms with Crippen molar-refractivity contribution in [2.24, 2.45) is 11.3 Å². The minimum absolute atomic E-state index is 0.221. The van der Waals surface area contributed by atoms with Crippen LogP contribution in [-0.2, 0) is 4.74 Å². The van der Waals surface area contributed by atoms with Crippen LogP contribution in [0, 0.1) is 22.7 Å². The van der Waals surface area contributed by atoms with Gasteiger partial charge in [0.1, 0.15) is 5.41 Å². The zero-order chi connectivity index (χ0) is 12.3. The Labute approximate surface area is 104 Å². The summed E-state index contributed by atoms with van der Waals surface area (Å²) in [5.74, 6) is 0.845. The largest absolute Gasteiger partial charge is 0.378 e. The molecule has 2 saturated heterocycles. The summed E-state index contributed by atoms with van der Waals surface area (Å²) in [6, 6.07) is 2.41. The van der Waals surface area contributed by atoms with Crippen LogP contribution in [0.4, 0.5) is 0 Å². The van der Waals surface area contributed by atoms with Crippen molar-refractivity contribution in [2.75, 3.05) is 53.5 Å². The lowest BCUT2D eigenvalue weighted by atomic mass is 9.87. The predicted molar refractivity (Wildman–Crippen MR) is 66.6 cm³/mol. The number of hydrogen-bond acceptors (Lipinski definition) is 4. The second-order valence-corrected chi connectivity index (χ2v) is 5.83. The summed E-state index contributed by atoms with van der Waals surface area (Å²) in [5.41, 5.74) is -0.221. The van der Waals surface area contributed by atoms with Crippen molar-refractivity contribution in [1.29, 1.82) is 5.26 Å². The Balaban J connectivity index is 1.67. The van der Waals surface area contributed by atoms with Gasteiger partial charge >= 0.3 is 0 Å². The Bertz CT molecular complexity index is 296. The second kappa shape index (κ2) is 5.34. The van der Waals surface area contributed by atoms with Gasteiger partial charge in [-0.15, -0.1) is 0 Å². The van der Waals surface area contributed by atoms with Gasteiger partial charge in [-0.1, -0.05) is 0 Å². The number of rotatable bonds is 5. The number of ether oxygens (including phenoxy) is 1. The van der Waals surface area contributed by atoms with E-state index in [0.717, 1.165) is 19.0 Å². The first-order valence-electron chi connectivity index (χ1n) is 6.50. The summed E-state index contributed by atoms with van der Waals surface area (Å²) >= 11 is 0. The average molecular weight is 237 g/mol. The fourth-order valence-corrected chi connectivity index (χ4v) is 2.80. The summed E-state index contributed by atoms with van der Waals surface area (Å²) in [7, 11) is 4.32. The van der Waals surface area contributed by atoms with Gasteiger partial charge < -0.3 is 14.5 Å². The number of nitriles is 1. The lowest BCUT2D eigenvalue weighted by molar-refractivity contribution is -0.0890. The molecule has 0 bridgehead atoms. The van der Waals surface area contributed by atoms with Crippen molar-refractivity contribution in [3.8, 4) is 6.07 Å². The number of likely N-dealkylation sites (tertiary alicyclic amines) is 1. The third-order valence-corrected chi connectivity index (χ3v) is 3.97. The van der Waals surface area contributed by atoms with E-state index in [1.807, 2.05) is 0 Å². The van der Waals surface area contributed by atoms with Crippen molar-refractivity contribution in [3.05, 3.63) is 0 Å². The Kier molecular flexibility index (Phi) is 4.03. The maximum atomic E-state index is 9.14. The molecule has 0 aromatic carbocycles. The molecular weight excluding hydrogens is 214 g/mol. The Morgan fingerprint density at radius 2 is 2.29 bits per heavy atom. The normalized spacial score (nSPS) is 28.0. The van der Waals surface area contributed by atoms with Gasteiger partial charge in [0.05, 0.1) is 19.3 Å². The first-order chi connectivity index (χ1) is 8.13. The van der Waals surface area contributed by atoms with Gasteiger partial charge in [-0.25, -0.2) is 0 Å². The lowest BCUT2D eigenvalue weighted by Crippen LogP contribution is -2.49. The third-order valence-electron chi connectivity index (χ3n) is 3.97. The molecule has 0 radical (unpaired) electrons. The molecule has 0 spiro atoms. The van der Waals surface area contributed by atoms with Crippen LogP contribution in [0.3, 0.4) is 0 Å². The SMILES string of the molecule is CN1CCC(CCN(C)CC2(C#N)COC2)C1. The number of hydrogen-bond donors (Lipinski definition) is 0. The monoisotopic (exact) mass is 237 g/mol. The van der Waals surface area contributed by atoms with Crippen LogP contribution in [0.2, 0.25) is 0 Å². The van der Waals surface area contributed by atoms with Gasteiger partial charge in [-0.05, 0) is 45.9 Å². The van der Waals surface area contributed by atoms with E-state index in [1.54, 1.807) is 0 Å². The van der Waals surface area contributed by atoms with E-state index >= 15 is 0 Å². The molecule has 2 fully saturated rings. The molecule has 2 heterocycles.